The van der Waals surface area contributed by atoms with Crippen LogP contribution in [0.25, 0.3) is 32.6 Å². The van der Waals surface area contributed by atoms with E-state index < -0.39 is 0 Å². The molecule has 0 bridgehead atoms. The first kappa shape index (κ1) is 17.9. The molecule has 29 heavy (non-hydrogen) atoms. The van der Waals surface area contributed by atoms with E-state index in [4.69, 9.17) is 10.7 Å². The second-order valence-electron chi connectivity index (χ2n) is 7.31. The van der Waals surface area contributed by atoms with Gasteiger partial charge < -0.3 is 10.6 Å². The molecule has 144 valence electrons. The molecule has 4 nitrogen and oxygen atoms in total. The van der Waals surface area contributed by atoms with E-state index in [1.54, 1.807) is 0 Å². The van der Waals surface area contributed by atoms with Crippen molar-refractivity contribution in [3.05, 3.63) is 71.6 Å². The van der Waals surface area contributed by atoms with Crippen LogP contribution in [0.5, 0.6) is 0 Å². The number of pyridine rings is 1. The lowest BCUT2D eigenvalue weighted by Crippen LogP contribution is -2.27. The summed E-state index contributed by atoms with van der Waals surface area (Å²) in [6, 6.07) is 22.4. The molecule has 1 fully saturated rings. The molecule has 0 aliphatic carbocycles. The Kier molecular flexibility index (Phi) is 4.52. The number of amides is 1. The number of thiophene rings is 1. The molecule has 0 radical (unpaired) electrons. The van der Waals surface area contributed by atoms with Gasteiger partial charge in [0.1, 0.15) is 9.71 Å². The van der Waals surface area contributed by atoms with Crippen molar-refractivity contribution >= 4 is 33.1 Å². The third-order valence-corrected chi connectivity index (χ3v) is 6.53. The number of aromatic nitrogens is 1. The summed E-state index contributed by atoms with van der Waals surface area (Å²) < 4.78 is 0. The molecule has 0 unspecified atom stereocenters. The molecule has 2 aromatic heterocycles. The summed E-state index contributed by atoms with van der Waals surface area (Å²) in [6.45, 7) is 1.61. The number of rotatable bonds is 3. The first-order chi connectivity index (χ1) is 14.2. The zero-order chi connectivity index (χ0) is 19.8. The van der Waals surface area contributed by atoms with Crippen molar-refractivity contribution in [1.29, 1.82) is 0 Å². The number of nitrogen functional groups attached to an aromatic ring is 1. The molecule has 0 spiro atoms. The predicted molar refractivity (Wildman–Crippen MR) is 120 cm³/mol. The average Bonchev–Trinajstić information content (AvgIpc) is 3.43. The minimum Gasteiger partial charge on any atom is -0.397 e. The van der Waals surface area contributed by atoms with Crippen LogP contribution >= 0.6 is 11.3 Å². The van der Waals surface area contributed by atoms with Gasteiger partial charge in [0.15, 0.2) is 0 Å². The van der Waals surface area contributed by atoms with E-state index >= 15 is 0 Å². The van der Waals surface area contributed by atoms with Crippen LogP contribution in [0, 0.1) is 0 Å². The van der Waals surface area contributed by atoms with Gasteiger partial charge in [-0.1, -0.05) is 60.7 Å². The van der Waals surface area contributed by atoms with Gasteiger partial charge in [0, 0.05) is 24.0 Å². The van der Waals surface area contributed by atoms with Gasteiger partial charge in [-0.05, 0) is 30.0 Å². The molecular formula is C24H21N3OS. The van der Waals surface area contributed by atoms with Gasteiger partial charge in [0.2, 0.25) is 0 Å². The molecule has 1 aliphatic heterocycles. The molecule has 2 N–H and O–H groups in total. The highest BCUT2D eigenvalue weighted by atomic mass is 32.1. The number of nitrogens with zero attached hydrogens (tertiary/aromatic N) is 2. The van der Waals surface area contributed by atoms with Crippen LogP contribution in [-0.2, 0) is 0 Å². The van der Waals surface area contributed by atoms with Crippen LogP contribution < -0.4 is 5.73 Å². The number of hydrogen-bond acceptors (Lipinski definition) is 4. The van der Waals surface area contributed by atoms with E-state index in [1.807, 2.05) is 41.3 Å². The van der Waals surface area contributed by atoms with E-state index in [-0.39, 0.29) is 5.91 Å². The van der Waals surface area contributed by atoms with E-state index in [1.165, 1.54) is 11.3 Å². The van der Waals surface area contributed by atoms with E-state index in [0.29, 0.717) is 10.6 Å². The quantitative estimate of drug-likeness (QED) is 0.498. The fourth-order valence-electron chi connectivity index (χ4n) is 3.95. The molecule has 1 aliphatic rings. The molecule has 0 atom stereocenters. The van der Waals surface area contributed by atoms with Gasteiger partial charge in [0.25, 0.3) is 5.91 Å². The number of anilines is 1. The van der Waals surface area contributed by atoms with Gasteiger partial charge in [-0.2, -0.15) is 0 Å². The highest BCUT2D eigenvalue weighted by molar-refractivity contribution is 7.21. The molecule has 0 saturated carbocycles. The average molecular weight is 400 g/mol. The van der Waals surface area contributed by atoms with Gasteiger partial charge in [-0.25, -0.2) is 4.98 Å². The Bertz CT molecular complexity index is 1180. The predicted octanol–water partition coefficient (Wildman–Crippen LogP) is 5.45. The standard InChI is InChI=1S/C24H21N3OS/c25-21-20-18(16-9-3-1-4-10-16)15-19(17-11-5-2-6-12-17)26-23(20)29-22(21)24(28)27-13-7-8-14-27/h1-6,9-12,15H,7-8,13-14,25H2. The van der Waals surface area contributed by atoms with Crippen LogP contribution in [0.15, 0.2) is 66.7 Å². The first-order valence-electron chi connectivity index (χ1n) is 9.85. The molecule has 3 heterocycles. The Balaban J connectivity index is 1.74. The highest BCUT2D eigenvalue weighted by Gasteiger charge is 2.26. The van der Waals surface area contributed by atoms with E-state index in [2.05, 4.69) is 30.3 Å². The lowest BCUT2D eigenvalue weighted by molar-refractivity contribution is 0.0798. The zero-order valence-electron chi connectivity index (χ0n) is 16.0. The van der Waals surface area contributed by atoms with Crippen LogP contribution in [-0.4, -0.2) is 28.9 Å². The third kappa shape index (κ3) is 3.17. The van der Waals surface area contributed by atoms with Crippen molar-refractivity contribution in [3.63, 3.8) is 0 Å². The Hall–Kier alpha value is -3.18. The number of carbonyl (C=O) groups excluding carboxylic acids is 1. The SMILES string of the molecule is Nc1c(C(=O)N2CCCC2)sc2nc(-c3ccccc3)cc(-c3ccccc3)c12. The minimum absolute atomic E-state index is 0.0308. The number of likely N-dealkylation sites (tertiary alicyclic amines) is 1. The molecule has 4 aromatic rings. The largest absolute Gasteiger partial charge is 0.397 e. The first-order valence-corrected chi connectivity index (χ1v) is 10.7. The smallest absolute Gasteiger partial charge is 0.266 e. The maximum Gasteiger partial charge on any atom is 0.266 e. The Morgan fingerprint density at radius 2 is 1.55 bits per heavy atom. The summed E-state index contributed by atoms with van der Waals surface area (Å²) in [6.07, 6.45) is 2.12. The van der Waals surface area contributed by atoms with Gasteiger partial charge >= 0.3 is 0 Å². The number of nitrogens with two attached hydrogens (primary N) is 1. The molecule has 1 amide bonds. The maximum atomic E-state index is 13.1. The van der Waals surface area contributed by atoms with Crippen LogP contribution in [0.1, 0.15) is 22.5 Å². The second-order valence-corrected chi connectivity index (χ2v) is 8.31. The van der Waals surface area contributed by atoms with Crippen LogP contribution in [0.3, 0.4) is 0 Å². The monoisotopic (exact) mass is 399 g/mol. The summed E-state index contributed by atoms with van der Waals surface area (Å²) in [5.41, 5.74) is 11.1. The highest BCUT2D eigenvalue weighted by Crippen LogP contribution is 2.41. The number of fused-ring (bicyclic) bond motifs is 1. The molecule has 1 saturated heterocycles. The fraction of sp³-hybridized carbons (Fsp3) is 0.167. The number of benzene rings is 2. The Morgan fingerprint density at radius 3 is 2.21 bits per heavy atom. The van der Waals surface area contributed by atoms with E-state index in [9.17, 15) is 4.79 Å². The molecule has 2 aromatic carbocycles. The summed E-state index contributed by atoms with van der Waals surface area (Å²) in [5, 5.41) is 0.878. The van der Waals surface area contributed by atoms with Crippen molar-refractivity contribution in [2.75, 3.05) is 18.8 Å². The number of hydrogen-bond donors (Lipinski definition) is 1. The van der Waals surface area contributed by atoms with Crippen molar-refractivity contribution in [1.82, 2.24) is 9.88 Å². The normalized spacial score (nSPS) is 13.9. The molecule has 5 rings (SSSR count). The second kappa shape index (κ2) is 7.33. The summed E-state index contributed by atoms with van der Waals surface area (Å²) in [4.78, 5) is 21.3. The Labute approximate surface area is 173 Å². The lowest BCUT2D eigenvalue weighted by atomic mass is 9.99. The van der Waals surface area contributed by atoms with E-state index in [0.717, 1.165) is 58.5 Å². The molecular weight excluding hydrogens is 378 g/mol. The van der Waals surface area contributed by atoms with Crippen molar-refractivity contribution < 1.29 is 4.79 Å². The summed E-state index contributed by atoms with van der Waals surface area (Å²) in [5.74, 6) is 0.0308. The summed E-state index contributed by atoms with van der Waals surface area (Å²) in [7, 11) is 0. The van der Waals surface area contributed by atoms with Crippen LogP contribution in [0.2, 0.25) is 0 Å². The minimum atomic E-state index is 0.0308. The topological polar surface area (TPSA) is 59.2 Å². The van der Waals surface area contributed by atoms with Crippen molar-refractivity contribution in [2.24, 2.45) is 0 Å². The van der Waals surface area contributed by atoms with Gasteiger partial charge in [-0.15, -0.1) is 11.3 Å². The maximum absolute atomic E-state index is 13.1. The lowest BCUT2D eigenvalue weighted by Gasteiger charge is -2.14. The van der Waals surface area contributed by atoms with Crippen LogP contribution in [0.4, 0.5) is 5.69 Å². The van der Waals surface area contributed by atoms with Crippen molar-refractivity contribution in [2.45, 2.75) is 12.8 Å². The van der Waals surface area contributed by atoms with Crippen molar-refractivity contribution in [3.8, 4) is 22.4 Å². The summed E-state index contributed by atoms with van der Waals surface area (Å²) >= 11 is 1.41. The zero-order valence-corrected chi connectivity index (χ0v) is 16.8. The van der Waals surface area contributed by atoms with Gasteiger partial charge in [0.05, 0.1) is 11.4 Å². The molecule has 5 heteroatoms. The third-order valence-electron chi connectivity index (χ3n) is 5.44. The van der Waals surface area contributed by atoms with Gasteiger partial charge in [-0.3, -0.25) is 4.79 Å². The Morgan fingerprint density at radius 1 is 0.931 bits per heavy atom. The number of carbonyl (C=O) groups is 1. The fourth-order valence-corrected chi connectivity index (χ4v) is 5.03.